The molecule has 0 bridgehead atoms. The number of nitrogens with one attached hydrogen (secondary N) is 1. The highest BCUT2D eigenvalue weighted by Gasteiger charge is 2.24. The molecule has 0 aliphatic heterocycles. The van der Waals surface area contributed by atoms with E-state index in [0.29, 0.717) is 24.2 Å². The van der Waals surface area contributed by atoms with Crippen molar-refractivity contribution in [2.45, 2.75) is 51.2 Å². The van der Waals surface area contributed by atoms with E-state index in [9.17, 15) is 9.59 Å². The Bertz CT molecular complexity index is 1170. The number of carbonyl (C=O) groups is 1. The largest absolute Gasteiger partial charge is 0.497 e. The molecule has 4 rings (SSSR count). The highest BCUT2D eigenvalue weighted by atomic mass is 32.2. The minimum atomic E-state index is -0.0557. The Morgan fingerprint density at radius 3 is 2.84 bits per heavy atom. The number of rotatable bonds is 8. The van der Waals surface area contributed by atoms with E-state index in [-0.39, 0.29) is 17.2 Å². The molecule has 0 spiro atoms. The molecule has 170 valence electrons. The number of thioether (sulfide) groups is 1. The van der Waals surface area contributed by atoms with Gasteiger partial charge in [-0.1, -0.05) is 30.8 Å². The van der Waals surface area contributed by atoms with Crippen LogP contribution in [0.1, 0.15) is 36.3 Å². The fourth-order valence-corrected chi connectivity index (χ4v) is 6.43. The molecular formula is C24H29N3O3S2. The second kappa shape index (κ2) is 10.1. The standard InChI is InChI=1S/C24H29N3O3S2/c1-4-27-23(29)21-18-10-5-15(2)13-19(18)32-22(21)26-24(27)31-14-20(28)25-12-11-16-6-8-17(30-3)9-7-16/h6-9,15H,4-5,10-14H2,1-3H3,(H,25,28). The summed E-state index contributed by atoms with van der Waals surface area (Å²) < 4.78 is 6.88. The van der Waals surface area contributed by atoms with Crippen LogP contribution in [0.4, 0.5) is 0 Å². The van der Waals surface area contributed by atoms with Crippen molar-refractivity contribution >= 4 is 39.2 Å². The smallest absolute Gasteiger partial charge is 0.263 e. The van der Waals surface area contributed by atoms with E-state index in [2.05, 4.69) is 12.2 Å². The van der Waals surface area contributed by atoms with Gasteiger partial charge >= 0.3 is 0 Å². The normalized spacial score (nSPS) is 15.5. The summed E-state index contributed by atoms with van der Waals surface area (Å²) in [5.74, 6) is 1.66. The summed E-state index contributed by atoms with van der Waals surface area (Å²) in [6.07, 6.45) is 3.86. The number of benzene rings is 1. The summed E-state index contributed by atoms with van der Waals surface area (Å²) in [5, 5.41) is 4.39. The van der Waals surface area contributed by atoms with Crippen LogP contribution in [0.15, 0.2) is 34.2 Å². The van der Waals surface area contributed by atoms with Crippen LogP contribution >= 0.6 is 23.1 Å². The third-order valence-corrected chi connectivity index (χ3v) is 8.05. The van der Waals surface area contributed by atoms with Crippen molar-refractivity contribution in [2.24, 2.45) is 5.92 Å². The van der Waals surface area contributed by atoms with Gasteiger partial charge in [0.1, 0.15) is 10.6 Å². The molecule has 0 saturated carbocycles. The molecule has 0 fully saturated rings. The molecule has 0 saturated heterocycles. The summed E-state index contributed by atoms with van der Waals surface area (Å²) in [5.41, 5.74) is 2.38. The van der Waals surface area contributed by atoms with Crippen LogP contribution in [0, 0.1) is 5.92 Å². The van der Waals surface area contributed by atoms with Crippen LogP contribution in [0.25, 0.3) is 10.2 Å². The van der Waals surface area contributed by atoms with E-state index in [1.54, 1.807) is 23.0 Å². The maximum Gasteiger partial charge on any atom is 0.263 e. The van der Waals surface area contributed by atoms with E-state index in [4.69, 9.17) is 9.72 Å². The minimum absolute atomic E-state index is 0.0342. The maximum absolute atomic E-state index is 13.2. The number of fused-ring (bicyclic) bond motifs is 3. The lowest BCUT2D eigenvalue weighted by Gasteiger charge is -2.17. The first kappa shape index (κ1) is 22.9. The third-order valence-electron chi connectivity index (χ3n) is 5.92. The van der Waals surface area contributed by atoms with Gasteiger partial charge in [-0.3, -0.25) is 14.2 Å². The zero-order chi connectivity index (χ0) is 22.7. The number of methoxy groups -OCH3 is 1. The molecule has 3 aromatic rings. The van der Waals surface area contributed by atoms with Gasteiger partial charge in [-0.25, -0.2) is 4.98 Å². The van der Waals surface area contributed by atoms with Crippen LogP contribution in [0.2, 0.25) is 0 Å². The summed E-state index contributed by atoms with van der Waals surface area (Å²) in [7, 11) is 1.64. The maximum atomic E-state index is 13.2. The van der Waals surface area contributed by atoms with Crippen molar-refractivity contribution in [3.8, 4) is 5.75 Å². The molecule has 2 heterocycles. The molecule has 8 heteroatoms. The molecule has 1 atom stereocenters. The lowest BCUT2D eigenvalue weighted by molar-refractivity contribution is -0.118. The van der Waals surface area contributed by atoms with E-state index in [1.165, 1.54) is 22.2 Å². The van der Waals surface area contributed by atoms with E-state index < -0.39 is 0 Å². The second-order valence-corrected chi connectivity index (χ2v) is 10.2. The molecule has 1 amide bonds. The van der Waals surface area contributed by atoms with Gasteiger partial charge in [-0.2, -0.15) is 0 Å². The van der Waals surface area contributed by atoms with Gasteiger partial charge in [0.05, 0.1) is 18.2 Å². The number of aryl methyl sites for hydroxylation is 1. The SMILES string of the molecule is CCn1c(SCC(=O)NCCc2ccc(OC)cc2)nc2sc3c(c2c1=O)CCC(C)C3. The number of nitrogens with zero attached hydrogens (tertiary/aromatic N) is 2. The van der Waals surface area contributed by atoms with Gasteiger partial charge in [0, 0.05) is 18.0 Å². The average Bonchev–Trinajstić information content (AvgIpc) is 3.15. The highest BCUT2D eigenvalue weighted by molar-refractivity contribution is 7.99. The van der Waals surface area contributed by atoms with Crippen LogP contribution in [0.3, 0.4) is 0 Å². The quantitative estimate of drug-likeness (QED) is 0.396. The lowest BCUT2D eigenvalue weighted by Crippen LogP contribution is -2.28. The number of carbonyl (C=O) groups excluding carboxylic acids is 1. The Morgan fingerprint density at radius 1 is 1.34 bits per heavy atom. The third kappa shape index (κ3) is 4.86. The van der Waals surface area contributed by atoms with Gasteiger partial charge in [0.2, 0.25) is 5.91 Å². The van der Waals surface area contributed by atoms with Gasteiger partial charge < -0.3 is 10.1 Å². The van der Waals surface area contributed by atoms with Crippen LogP contribution in [0.5, 0.6) is 5.75 Å². The Kier molecular flexibility index (Phi) is 7.20. The van der Waals surface area contributed by atoms with Crippen molar-refractivity contribution in [1.29, 1.82) is 0 Å². The molecule has 2 aromatic heterocycles. The molecular weight excluding hydrogens is 442 g/mol. The average molecular weight is 472 g/mol. The fourth-order valence-electron chi connectivity index (χ4n) is 4.11. The highest BCUT2D eigenvalue weighted by Crippen LogP contribution is 2.36. The Morgan fingerprint density at radius 2 is 2.12 bits per heavy atom. The zero-order valence-corrected chi connectivity index (χ0v) is 20.4. The molecule has 6 nitrogen and oxygen atoms in total. The Labute approximate surface area is 196 Å². The predicted molar refractivity (Wildman–Crippen MR) is 131 cm³/mol. The van der Waals surface area contributed by atoms with Crippen LogP contribution in [-0.2, 0) is 30.6 Å². The zero-order valence-electron chi connectivity index (χ0n) is 18.8. The summed E-state index contributed by atoms with van der Waals surface area (Å²) in [6, 6.07) is 7.84. The van der Waals surface area contributed by atoms with Crippen LogP contribution < -0.4 is 15.6 Å². The summed E-state index contributed by atoms with van der Waals surface area (Å²) >= 11 is 2.99. The summed E-state index contributed by atoms with van der Waals surface area (Å²) in [6.45, 7) is 5.33. The van der Waals surface area contributed by atoms with Crippen molar-refractivity contribution in [3.05, 3.63) is 50.6 Å². The van der Waals surface area contributed by atoms with Crippen molar-refractivity contribution < 1.29 is 9.53 Å². The Balaban J connectivity index is 1.41. The first-order valence-corrected chi connectivity index (χ1v) is 12.9. The molecule has 32 heavy (non-hydrogen) atoms. The second-order valence-electron chi connectivity index (χ2n) is 8.21. The van der Waals surface area contributed by atoms with E-state index in [0.717, 1.165) is 47.2 Å². The number of hydrogen-bond donors (Lipinski definition) is 1. The van der Waals surface area contributed by atoms with E-state index >= 15 is 0 Å². The first-order valence-electron chi connectivity index (χ1n) is 11.1. The van der Waals surface area contributed by atoms with Crippen molar-refractivity contribution in [1.82, 2.24) is 14.9 Å². The number of hydrogen-bond acceptors (Lipinski definition) is 6. The van der Waals surface area contributed by atoms with Gasteiger partial charge in [0.25, 0.3) is 5.56 Å². The first-order chi connectivity index (χ1) is 15.5. The fraction of sp³-hybridized carbons (Fsp3) is 0.458. The molecule has 1 aromatic carbocycles. The van der Waals surface area contributed by atoms with Crippen LogP contribution in [-0.4, -0.2) is 34.9 Å². The summed E-state index contributed by atoms with van der Waals surface area (Å²) in [4.78, 5) is 32.5. The van der Waals surface area contributed by atoms with Gasteiger partial charge in [0.15, 0.2) is 5.16 Å². The van der Waals surface area contributed by atoms with Crippen molar-refractivity contribution in [2.75, 3.05) is 19.4 Å². The van der Waals surface area contributed by atoms with Gasteiger partial charge in [-0.15, -0.1) is 11.3 Å². The molecule has 1 aliphatic rings. The lowest BCUT2D eigenvalue weighted by atomic mass is 9.89. The topological polar surface area (TPSA) is 73.2 Å². The number of aromatic nitrogens is 2. The molecule has 0 radical (unpaired) electrons. The van der Waals surface area contributed by atoms with E-state index in [1.807, 2.05) is 31.2 Å². The minimum Gasteiger partial charge on any atom is -0.497 e. The number of amides is 1. The van der Waals surface area contributed by atoms with Gasteiger partial charge in [-0.05, 0) is 61.8 Å². The molecule has 1 N–H and O–H groups in total. The van der Waals surface area contributed by atoms with Crippen molar-refractivity contribution in [3.63, 3.8) is 0 Å². The number of thiophene rings is 1. The molecule has 1 aliphatic carbocycles. The molecule has 1 unspecified atom stereocenters. The predicted octanol–water partition coefficient (Wildman–Crippen LogP) is 4.06. The Hall–Kier alpha value is -2.32. The monoisotopic (exact) mass is 471 g/mol. The number of ether oxygens (including phenoxy) is 1.